The highest BCUT2D eigenvalue weighted by Gasteiger charge is 2.37. The van der Waals surface area contributed by atoms with Crippen LogP contribution in [0.3, 0.4) is 0 Å². The molecule has 0 aromatic heterocycles. The van der Waals surface area contributed by atoms with Crippen LogP contribution in [0.1, 0.15) is 50.3 Å². The summed E-state index contributed by atoms with van der Waals surface area (Å²) >= 11 is 0. The molecule has 4 nitrogen and oxygen atoms in total. The summed E-state index contributed by atoms with van der Waals surface area (Å²) in [5.41, 5.74) is 0.464. The topological polar surface area (TPSA) is 73.5 Å². The lowest BCUT2D eigenvalue weighted by Gasteiger charge is -2.36. The minimum atomic E-state index is -2.04. The SMILES string of the molecule is CC(CO)c1c(CO[Si](C)(C)C(C)(C)C)cc(F)c(C#N)c1O. The number of halogens is 1. The third-order valence-corrected chi connectivity index (χ3v) is 9.13. The smallest absolute Gasteiger partial charge is 0.192 e. The molecular weight excluding hydrogens is 313 g/mol. The third kappa shape index (κ3) is 4.11. The Morgan fingerprint density at radius 1 is 1.39 bits per heavy atom. The van der Waals surface area contributed by atoms with Gasteiger partial charge < -0.3 is 14.6 Å². The van der Waals surface area contributed by atoms with Crippen LogP contribution in [0, 0.1) is 17.1 Å². The van der Waals surface area contributed by atoms with Gasteiger partial charge >= 0.3 is 0 Å². The summed E-state index contributed by atoms with van der Waals surface area (Å²) in [6, 6.07) is 2.90. The maximum absolute atomic E-state index is 14.0. The van der Waals surface area contributed by atoms with Crippen molar-refractivity contribution >= 4 is 8.32 Å². The molecule has 0 amide bonds. The highest BCUT2D eigenvalue weighted by atomic mass is 28.4. The standard InChI is InChI=1S/C17H26FNO3Si/c1-11(9-20)15-12(7-14(18)13(8-19)16(15)21)10-22-23(5,6)17(2,3)4/h7,11,20-21H,9-10H2,1-6H3. The van der Waals surface area contributed by atoms with Crippen LogP contribution in [-0.4, -0.2) is 25.1 Å². The molecule has 0 aliphatic heterocycles. The Bertz CT molecular complexity index is 618. The fraction of sp³-hybridized carbons (Fsp3) is 0.588. The minimum Gasteiger partial charge on any atom is -0.506 e. The summed E-state index contributed by atoms with van der Waals surface area (Å²) in [7, 11) is -2.04. The third-order valence-electron chi connectivity index (χ3n) is 4.65. The summed E-state index contributed by atoms with van der Waals surface area (Å²) in [5.74, 6) is -1.59. The van der Waals surface area contributed by atoms with Crippen LogP contribution in [0.4, 0.5) is 4.39 Å². The summed E-state index contributed by atoms with van der Waals surface area (Å²) < 4.78 is 20.1. The molecular formula is C17H26FNO3Si. The Balaban J connectivity index is 3.29. The number of aliphatic hydroxyl groups excluding tert-OH is 1. The first-order chi connectivity index (χ1) is 10.5. The molecule has 1 atom stereocenters. The second-order valence-electron chi connectivity index (χ2n) is 7.40. The van der Waals surface area contributed by atoms with Crippen molar-refractivity contribution in [1.82, 2.24) is 0 Å². The minimum absolute atomic E-state index is 0.00292. The second kappa shape index (κ2) is 6.99. The summed E-state index contributed by atoms with van der Waals surface area (Å²) in [6.45, 7) is 12.1. The Labute approximate surface area is 138 Å². The van der Waals surface area contributed by atoms with Crippen LogP contribution in [0.15, 0.2) is 6.07 Å². The van der Waals surface area contributed by atoms with Crippen LogP contribution in [0.2, 0.25) is 18.1 Å². The van der Waals surface area contributed by atoms with E-state index in [9.17, 15) is 14.6 Å². The molecule has 0 aliphatic rings. The monoisotopic (exact) mass is 339 g/mol. The Morgan fingerprint density at radius 2 is 1.96 bits per heavy atom. The average Bonchev–Trinajstić information content (AvgIpc) is 2.43. The Kier molecular flexibility index (Phi) is 5.97. The molecule has 2 N–H and O–H groups in total. The summed E-state index contributed by atoms with van der Waals surface area (Å²) in [6.07, 6.45) is 0. The van der Waals surface area contributed by atoms with E-state index in [0.29, 0.717) is 11.1 Å². The number of nitrogens with zero attached hydrogens (tertiary/aromatic N) is 1. The fourth-order valence-electron chi connectivity index (χ4n) is 2.04. The highest BCUT2D eigenvalue weighted by molar-refractivity contribution is 6.74. The molecule has 0 bridgehead atoms. The zero-order valence-electron chi connectivity index (χ0n) is 14.7. The Morgan fingerprint density at radius 3 is 2.39 bits per heavy atom. The number of phenols is 1. The largest absolute Gasteiger partial charge is 0.506 e. The van der Waals surface area contributed by atoms with Crippen LogP contribution in [0.25, 0.3) is 0 Å². The molecule has 0 spiro atoms. The van der Waals surface area contributed by atoms with Crippen LogP contribution in [-0.2, 0) is 11.0 Å². The second-order valence-corrected chi connectivity index (χ2v) is 12.2. The molecule has 0 radical (unpaired) electrons. The van der Waals surface area contributed by atoms with Crippen molar-refractivity contribution in [3.05, 3.63) is 28.6 Å². The van der Waals surface area contributed by atoms with E-state index in [1.807, 2.05) is 0 Å². The van der Waals surface area contributed by atoms with Gasteiger partial charge in [0.15, 0.2) is 8.32 Å². The quantitative estimate of drug-likeness (QED) is 0.795. The van der Waals surface area contributed by atoms with E-state index in [4.69, 9.17) is 9.69 Å². The van der Waals surface area contributed by atoms with Crippen molar-refractivity contribution in [3.63, 3.8) is 0 Å². The van der Waals surface area contributed by atoms with Gasteiger partial charge in [0.2, 0.25) is 0 Å². The highest BCUT2D eigenvalue weighted by Crippen LogP contribution is 2.39. The van der Waals surface area contributed by atoms with Crippen LogP contribution in [0.5, 0.6) is 5.75 Å². The molecule has 1 unspecified atom stereocenters. The van der Waals surface area contributed by atoms with Crippen molar-refractivity contribution in [2.75, 3.05) is 6.61 Å². The van der Waals surface area contributed by atoms with Gasteiger partial charge in [-0.15, -0.1) is 0 Å². The number of aliphatic hydroxyl groups is 1. The first-order valence-electron chi connectivity index (χ1n) is 7.65. The van der Waals surface area contributed by atoms with E-state index in [1.165, 1.54) is 6.07 Å². The number of aromatic hydroxyl groups is 1. The molecule has 0 aliphatic carbocycles. The number of hydrogen-bond donors (Lipinski definition) is 2. The molecule has 0 fully saturated rings. The van der Waals surface area contributed by atoms with Gasteiger partial charge in [0.1, 0.15) is 23.2 Å². The normalized spacial score (nSPS) is 13.7. The molecule has 128 valence electrons. The van der Waals surface area contributed by atoms with Gasteiger partial charge in [-0.25, -0.2) is 4.39 Å². The Hall–Kier alpha value is -1.42. The molecule has 0 saturated heterocycles. The molecule has 1 rings (SSSR count). The van der Waals surface area contributed by atoms with Gasteiger partial charge in [-0.1, -0.05) is 27.7 Å². The lowest BCUT2D eigenvalue weighted by atomic mass is 9.93. The molecule has 23 heavy (non-hydrogen) atoms. The molecule has 6 heteroatoms. The fourth-order valence-corrected chi connectivity index (χ4v) is 2.99. The first kappa shape index (κ1) is 19.6. The van der Waals surface area contributed by atoms with Crippen molar-refractivity contribution in [3.8, 4) is 11.8 Å². The lowest BCUT2D eigenvalue weighted by molar-refractivity contribution is 0.258. The van der Waals surface area contributed by atoms with E-state index >= 15 is 0 Å². The maximum atomic E-state index is 14.0. The van der Waals surface area contributed by atoms with Gasteiger partial charge in [-0.2, -0.15) is 5.26 Å². The van der Waals surface area contributed by atoms with Crippen LogP contribution < -0.4 is 0 Å². The van der Waals surface area contributed by atoms with Crippen LogP contribution >= 0.6 is 0 Å². The first-order valence-corrected chi connectivity index (χ1v) is 10.6. The number of phenolic OH excluding ortho intramolecular Hbond substituents is 1. The van der Waals surface area contributed by atoms with E-state index < -0.39 is 31.4 Å². The number of hydrogen-bond acceptors (Lipinski definition) is 4. The van der Waals surface area contributed by atoms with E-state index in [1.54, 1.807) is 13.0 Å². The van der Waals surface area contributed by atoms with Crippen molar-refractivity contribution < 1.29 is 19.0 Å². The van der Waals surface area contributed by atoms with Gasteiger partial charge in [-0.05, 0) is 29.8 Å². The number of benzene rings is 1. The van der Waals surface area contributed by atoms with E-state index in [0.717, 1.165) is 0 Å². The van der Waals surface area contributed by atoms with Crippen molar-refractivity contribution in [2.24, 2.45) is 0 Å². The van der Waals surface area contributed by atoms with E-state index in [2.05, 4.69) is 33.9 Å². The molecule has 0 saturated carbocycles. The predicted molar refractivity (Wildman–Crippen MR) is 90.3 cm³/mol. The van der Waals surface area contributed by atoms with Gasteiger partial charge in [0.05, 0.1) is 6.61 Å². The van der Waals surface area contributed by atoms with E-state index in [-0.39, 0.29) is 18.3 Å². The zero-order chi connectivity index (χ0) is 18.0. The van der Waals surface area contributed by atoms with Gasteiger partial charge in [0.25, 0.3) is 0 Å². The summed E-state index contributed by atoms with van der Waals surface area (Å²) in [5, 5.41) is 28.6. The zero-order valence-corrected chi connectivity index (χ0v) is 15.7. The summed E-state index contributed by atoms with van der Waals surface area (Å²) in [4.78, 5) is 0. The predicted octanol–water partition coefficient (Wildman–Crippen LogP) is 4.02. The molecule has 1 aromatic rings. The molecule has 1 aromatic carbocycles. The van der Waals surface area contributed by atoms with Crippen molar-refractivity contribution in [2.45, 2.75) is 58.4 Å². The van der Waals surface area contributed by atoms with Gasteiger partial charge in [-0.3, -0.25) is 0 Å². The maximum Gasteiger partial charge on any atom is 0.192 e. The number of rotatable bonds is 5. The molecule has 0 heterocycles. The number of nitriles is 1. The lowest BCUT2D eigenvalue weighted by Crippen LogP contribution is -2.40. The van der Waals surface area contributed by atoms with Gasteiger partial charge in [0, 0.05) is 18.1 Å². The van der Waals surface area contributed by atoms with Crippen molar-refractivity contribution in [1.29, 1.82) is 5.26 Å². The average molecular weight is 339 g/mol.